The summed E-state index contributed by atoms with van der Waals surface area (Å²) in [5.74, 6) is -0.528. The number of rotatable bonds is 4. The molecule has 0 aromatic rings. The summed E-state index contributed by atoms with van der Waals surface area (Å²) in [7, 11) is 0. The Balaban J connectivity index is 2.98. The number of nitrogens with one attached hydrogen (secondary N) is 1. The molecule has 2 amide bonds. The smallest absolute Gasteiger partial charge is 0.258 e. The minimum Gasteiger partial charge on any atom is -0.292 e. The summed E-state index contributed by atoms with van der Waals surface area (Å²) in [6, 6.07) is 0. The predicted molar refractivity (Wildman–Crippen MR) is 63.7 cm³/mol. The van der Waals surface area contributed by atoms with Crippen LogP contribution >= 0.6 is 0 Å². The zero-order valence-electron chi connectivity index (χ0n) is 9.75. The Kier molecular flexibility index (Phi) is 4.70. The molecule has 0 unspecified atom stereocenters. The van der Waals surface area contributed by atoms with Crippen molar-refractivity contribution < 1.29 is 9.59 Å². The van der Waals surface area contributed by atoms with E-state index in [0.29, 0.717) is 5.57 Å². The van der Waals surface area contributed by atoms with Crippen LogP contribution in [0.25, 0.3) is 0 Å². The molecule has 0 saturated heterocycles. The van der Waals surface area contributed by atoms with Gasteiger partial charge < -0.3 is 0 Å². The second kappa shape index (κ2) is 6.05. The summed E-state index contributed by atoms with van der Waals surface area (Å²) >= 11 is 0. The second-order valence-electron chi connectivity index (χ2n) is 3.68. The van der Waals surface area contributed by atoms with Crippen molar-refractivity contribution in [3.63, 3.8) is 0 Å². The third-order valence-electron chi connectivity index (χ3n) is 2.30. The Morgan fingerprint density at radius 1 is 1.31 bits per heavy atom. The van der Waals surface area contributed by atoms with Gasteiger partial charge in [-0.15, -0.1) is 0 Å². The van der Waals surface area contributed by atoms with Crippen molar-refractivity contribution >= 4 is 11.8 Å². The standard InChI is InChI=1S/C13H17NO2/c1-3-5-6-8-10-9-12(15)14-13(16)11(10)7-4-2/h4,6-8H,3,5,9H2,1-2H3,(H,14,15,16)/b7-4+,8-6+. The molecule has 0 aromatic heterocycles. The fourth-order valence-electron chi connectivity index (χ4n) is 1.54. The highest BCUT2D eigenvalue weighted by Crippen LogP contribution is 2.17. The lowest BCUT2D eigenvalue weighted by molar-refractivity contribution is -0.128. The van der Waals surface area contributed by atoms with Gasteiger partial charge in [-0.2, -0.15) is 0 Å². The van der Waals surface area contributed by atoms with Gasteiger partial charge in [-0.05, 0) is 18.9 Å². The quantitative estimate of drug-likeness (QED) is 0.737. The second-order valence-corrected chi connectivity index (χ2v) is 3.68. The van der Waals surface area contributed by atoms with Gasteiger partial charge in [0.05, 0.1) is 6.42 Å². The molecule has 0 fully saturated rings. The number of imide groups is 1. The monoisotopic (exact) mass is 219 g/mol. The number of hydrogen-bond acceptors (Lipinski definition) is 2. The van der Waals surface area contributed by atoms with Gasteiger partial charge in [-0.3, -0.25) is 14.9 Å². The lowest BCUT2D eigenvalue weighted by atomic mass is 9.99. The van der Waals surface area contributed by atoms with E-state index in [0.717, 1.165) is 18.4 Å². The molecule has 0 spiro atoms. The van der Waals surface area contributed by atoms with E-state index in [-0.39, 0.29) is 18.2 Å². The average molecular weight is 219 g/mol. The summed E-state index contributed by atoms with van der Waals surface area (Å²) in [4.78, 5) is 22.8. The fraction of sp³-hybridized carbons (Fsp3) is 0.385. The molecular formula is C13H17NO2. The maximum atomic E-state index is 11.6. The molecule has 0 aliphatic carbocycles. The number of hydrogen-bond donors (Lipinski definition) is 1. The number of amides is 2. The molecule has 0 saturated carbocycles. The van der Waals surface area contributed by atoms with Crippen molar-refractivity contribution in [1.29, 1.82) is 0 Å². The molecule has 0 radical (unpaired) electrons. The number of carbonyl (C=O) groups is 2. The first-order valence-electron chi connectivity index (χ1n) is 5.55. The van der Waals surface area contributed by atoms with Gasteiger partial charge in [0.2, 0.25) is 5.91 Å². The minimum absolute atomic E-state index is 0.227. The highest BCUT2D eigenvalue weighted by Gasteiger charge is 2.21. The van der Waals surface area contributed by atoms with Gasteiger partial charge in [0.25, 0.3) is 5.91 Å². The van der Waals surface area contributed by atoms with Crippen LogP contribution in [0.5, 0.6) is 0 Å². The molecule has 1 aliphatic rings. The minimum atomic E-state index is -0.300. The zero-order chi connectivity index (χ0) is 12.0. The van der Waals surface area contributed by atoms with Crippen LogP contribution in [-0.4, -0.2) is 11.8 Å². The lowest BCUT2D eigenvalue weighted by Crippen LogP contribution is -2.35. The molecule has 1 rings (SSSR count). The van der Waals surface area contributed by atoms with E-state index in [1.165, 1.54) is 0 Å². The van der Waals surface area contributed by atoms with Crippen LogP contribution in [0.1, 0.15) is 33.1 Å². The molecule has 3 heteroatoms. The molecule has 1 N–H and O–H groups in total. The van der Waals surface area contributed by atoms with Crippen molar-refractivity contribution in [3.8, 4) is 0 Å². The van der Waals surface area contributed by atoms with Gasteiger partial charge in [0.15, 0.2) is 0 Å². The molecule has 86 valence electrons. The summed E-state index contributed by atoms with van der Waals surface area (Å²) in [5, 5.41) is 2.31. The molecule has 1 aliphatic heterocycles. The van der Waals surface area contributed by atoms with Crippen LogP contribution in [0, 0.1) is 0 Å². The van der Waals surface area contributed by atoms with E-state index in [4.69, 9.17) is 0 Å². The molecule has 0 aromatic carbocycles. The van der Waals surface area contributed by atoms with Gasteiger partial charge in [-0.25, -0.2) is 0 Å². The molecule has 16 heavy (non-hydrogen) atoms. The van der Waals surface area contributed by atoms with Crippen LogP contribution < -0.4 is 5.32 Å². The van der Waals surface area contributed by atoms with E-state index in [2.05, 4.69) is 12.2 Å². The van der Waals surface area contributed by atoms with Crippen molar-refractivity contribution in [2.75, 3.05) is 0 Å². The van der Waals surface area contributed by atoms with E-state index in [1.807, 2.05) is 19.1 Å². The van der Waals surface area contributed by atoms with Crippen LogP contribution in [-0.2, 0) is 9.59 Å². The Morgan fingerprint density at radius 2 is 2.06 bits per heavy atom. The van der Waals surface area contributed by atoms with E-state index in [1.54, 1.807) is 12.2 Å². The van der Waals surface area contributed by atoms with Crippen LogP contribution in [0.15, 0.2) is 35.5 Å². The number of allylic oxidation sites excluding steroid dienone is 3. The van der Waals surface area contributed by atoms with Gasteiger partial charge in [0.1, 0.15) is 0 Å². The molecule has 3 nitrogen and oxygen atoms in total. The van der Waals surface area contributed by atoms with E-state index in [9.17, 15) is 9.59 Å². The Bertz CT molecular complexity index is 375. The van der Waals surface area contributed by atoms with Crippen LogP contribution in [0.4, 0.5) is 0 Å². The highest BCUT2D eigenvalue weighted by molar-refractivity contribution is 6.10. The topological polar surface area (TPSA) is 46.2 Å². The number of unbranched alkanes of at least 4 members (excludes halogenated alkanes) is 1. The van der Waals surface area contributed by atoms with Crippen LogP contribution in [0.2, 0.25) is 0 Å². The fourth-order valence-corrected chi connectivity index (χ4v) is 1.54. The summed E-state index contributed by atoms with van der Waals surface area (Å²) in [5.41, 5.74) is 1.40. The third-order valence-corrected chi connectivity index (χ3v) is 2.30. The SMILES string of the molecule is C/C=C/C1=C(/C=C/CCC)CC(=O)NC1=O. The maximum absolute atomic E-state index is 11.6. The maximum Gasteiger partial charge on any atom is 0.258 e. The van der Waals surface area contributed by atoms with E-state index >= 15 is 0 Å². The first-order chi connectivity index (χ1) is 7.69. The molecule has 0 atom stereocenters. The highest BCUT2D eigenvalue weighted by atomic mass is 16.2. The Hall–Kier alpha value is -1.64. The molecular weight excluding hydrogens is 202 g/mol. The summed E-state index contributed by atoms with van der Waals surface area (Å²) in [6.07, 6.45) is 9.74. The summed E-state index contributed by atoms with van der Waals surface area (Å²) in [6.45, 7) is 3.94. The van der Waals surface area contributed by atoms with Crippen LogP contribution in [0.3, 0.4) is 0 Å². The average Bonchev–Trinajstić information content (AvgIpc) is 2.23. The zero-order valence-corrected chi connectivity index (χ0v) is 9.75. The third kappa shape index (κ3) is 3.19. The van der Waals surface area contributed by atoms with Crippen molar-refractivity contribution in [1.82, 2.24) is 5.32 Å². The lowest BCUT2D eigenvalue weighted by Gasteiger charge is -2.14. The van der Waals surface area contributed by atoms with Gasteiger partial charge in [0, 0.05) is 5.57 Å². The molecule has 1 heterocycles. The molecule has 0 bridgehead atoms. The van der Waals surface area contributed by atoms with Gasteiger partial charge in [-0.1, -0.05) is 37.6 Å². The summed E-state index contributed by atoms with van der Waals surface area (Å²) < 4.78 is 0. The Labute approximate surface area is 95.9 Å². The normalized spacial score (nSPS) is 17.6. The first-order valence-corrected chi connectivity index (χ1v) is 5.55. The van der Waals surface area contributed by atoms with Crippen molar-refractivity contribution in [3.05, 3.63) is 35.5 Å². The van der Waals surface area contributed by atoms with Gasteiger partial charge >= 0.3 is 0 Å². The van der Waals surface area contributed by atoms with E-state index < -0.39 is 0 Å². The number of carbonyl (C=O) groups excluding carboxylic acids is 2. The predicted octanol–water partition coefficient (Wildman–Crippen LogP) is 2.26. The Morgan fingerprint density at radius 3 is 2.69 bits per heavy atom. The largest absolute Gasteiger partial charge is 0.292 e. The van der Waals surface area contributed by atoms with Crippen molar-refractivity contribution in [2.24, 2.45) is 0 Å². The van der Waals surface area contributed by atoms with Crippen molar-refractivity contribution in [2.45, 2.75) is 33.1 Å². The first kappa shape index (κ1) is 12.4.